The van der Waals surface area contributed by atoms with E-state index in [1.54, 1.807) is 23.6 Å². The van der Waals surface area contributed by atoms with Crippen LogP contribution in [0.3, 0.4) is 0 Å². The van der Waals surface area contributed by atoms with E-state index in [0.29, 0.717) is 22.3 Å². The highest BCUT2D eigenvalue weighted by molar-refractivity contribution is 7.99. The number of rotatable bonds is 9. The van der Waals surface area contributed by atoms with Crippen LogP contribution < -0.4 is 5.43 Å². The number of amides is 1. The fraction of sp³-hybridized carbons (Fsp3) is 0.0769. The number of allylic oxidation sites excluding steroid dienone is 1. The monoisotopic (exact) mass is 498 g/mol. The number of thioether (sulfide) groups is 1. The van der Waals surface area contributed by atoms with Crippen molar-refractivity contribution < 1.29 is 9.72 Å². The summed E-state index contributed by atoms with van der Waals surface area (Å²) < 4.78 is 1.77. The first-order valence-corrected chi connectivity index (χ1v) is 11.9. The van der Waals surface area contributed by atoms with Crippen molar-refractivity contribution in [3.8, 4) is 17.1 Å². The van der Waals surface area contributed by atoms with Gasteiger partial charge in [0.15, 0.2) is 11.0 Å². The molecule has 180 valence electrons. The summed E-state index contributed by atoms with van der Waals surface area (Å²) in [6.07, 6.45) is 3.73. The van der Waals surface area contributed by atoms with Crippen LogP contribution in [0, 0.1) is 10.1 Å². The summed E-state index contributed by atoms with van der Waals surface area (Å²) in [5, 5.41) is 24.4. The van der Waals surface area contributed by atoms with Gasteiger partial charge in [0.2, 0.25) is 0 Å². The molecule has 1 aromatic heterocycles. The van der Waals surface area contributed by atoms with Gasteiger partial charge in [0.25, 0.3) is 11.6 Å². The summed E-state index contributed by atoms with van der Waals surface area (Å²) in [4.78, 5) is 23.2. The molecule has 0 atom stereocenters. The van der Waals surface area contributed by atoms with Crippen LogP contribution in [0.2, 0.25) is 0 Å². The molecule has 0 unspecified atom stereocenters. The average molecular weight is 499 g/mol. The van der Waals surface area contributed by atoms with Crippen molar-refractivity contribution in [1.29, 1.82) is 0 Å². The van der Waals surface area contributed by atoms with E-state index in [1.165, 1.54) is 23.9 Å². The summed E-state index contributed by atoms with van der Waals surface area (Å²) in [7, 11) is 0. The Bertz CT molecular complexity index is 1420. The summed E-state index contributed by atoms with van der Waals surface area (Å²) in [6, 6.07) is 25.4. The van der Waals surface area contributed by atoms with Crippen molar-refractivity contribution in [1.82, 2.24) is 20.2 Å². The molecule has 1 amide bonds. The largest absolute Gasteiger partial charge is 0.272 e. The maximum Gasteiger partial charge on any atom is 0.270 e. The number of hydrogen-bond donors (Lipinski definition) is 1. The maximum absolute atomic E-state index is 12.4. The van der Waals surface area contributed by atoms with Gasteiger partial charge in [-0.15, -0.1) is 10.2 Å². The lowest BCUT2D eigenvalue weighted by atomic mass is 10.2. The summed E-state index contributed by atoms with van der Waals surface area (Å²) in [5.74, 6) is 0.193. The van der Waals surface area contributed by atoms with Crippen molar-refractivity contribution in [2.75, 3.05) is 5.75 Å². The summed E-state index contributed by atoms with van der Waals surface area (Å²) in [6.45, 7) is 1.80. The minimum atomic E-state index is -0.454. The molecule has 4 aromatic rings. The molecule has 0 saturated carbocycles. The summed E-state index contributed by atoms with van der Waals surface area (Å²) in [5.41, 5.74) is 5.51. The number of aromatic nitrogens is 3. The molecule has 1 heterocycles. The van der Waals surface area contributed by atoms with Gasteiger partial charge < -0.3 is 0 Å². The number of nitro groups is 1. The Labute approximate surface area is 211 Å². The zero-order valence-electron chi connectivity index (χ0n) is 19.3. The van der Waals surface area contributed by atoms with Crippen LogP contribution in [-0.2, 0) is 4.79 Å². The summed E-state index contributed by atoms with van der Waals surface area (Å²) >= 11 is 1.19. The first-order chi connectivity index (χ1) is 17.5. The number of carbonyl (C=O) groups excluding carboxylic acids is 1. The van der Waals surface area contributed by atoms with Gasteiger partial charge >= 0.3 is 0 Å². The van der Waals surface area contributed by atoms with Gasteiger partial charge in [0.05, 0.1) is 16.4 Å². The van der Waals surface area contributed by atoms with E-state index < -0.39 is 4.92 Å². The number of nitrogens with one attached hydrogen (secondary N) is 1. The van der Waals surface area contributed by atoms with Crippen LogP contribution in [0.1, 0.15) is 12.5 Å². The van der Waals surface area contributed by atoms with Gasteiger partial charge in [0, 0.05) is 23.4 Å². The third-order valence-corrected chi connectivity index (χ3v) is 5.90. The van der Waals surface area contributed by atoms with Crippen molar-refractivity contribution in [3.05, 3.63) is 107 Å². The second kappa shape index (κ2) is 11.7. The second-order valence-corrected chi connectivity index (χ2v) is 8.55. The van der Waals surface area contributed by atoms with E-state index in [9.17, 15) is 14.9 Å². The van der Waals surface area contributed by atoms with Gasteiger partial charge in [0.1, 0.15) is 0 Å². The lowest BCUT2D eigenvalue weighted by Crippen LogP contribution is -2.20. The lowest BCUT2D eigenvalue weighted by molar-refractivity contribution is -0.384. The van der Waals surface area contributed by atoms with Crippen LogP contribution in [0.5, 0.6) is 0 Å². The van der Waals surface area contributed by atoms with Crippen LogP contribution in [-0.4, -0.2) is 37.1 Å². The predicted molar refractivity (Wildman–Crippen MR) is 141 cm³/mol. The van der Waals surface area contributed by atoms with E-state index in [1.807, 2.05) is 72.8 Å². The van der Waals surface area contributed by atoms with Gasteiger partial charge in [-0.25, -0.2) is 5.43 Å². The molecule has 0 radical (unpaired) electrons. The molecule has 10 heteroatoms. The van der Waals surface area contributed by atoms with Crippen molar-refractivity contribution in [3.63, 3.8) is 0 Å². The third kappa shape index (κ3) is 6.30. The quantitative estimate of drug-likeness (QED) is 0.148. The zero-order valence-corrected chi connectivity index (χ0v) is 20.1. The number of hydrazone groups is 1. The van der Waals surface area contributed by atoms with Crippen molar-refractivity contribution in [2.45, 2.75) is 12.1 Å². The number of para-hydroxylation sites is 1. The average Bonchev–Trinajstić information content (AvgIpc) is 3.34. The number of non-ortho nitro benzene ring substituents is 1. The number of carbonyl (C=O) groups is 1. The zero-order chi connectivity index (χ0) is 25.3. The molecule has 0 bridgehead atoms. The molecule has 36 heavy (non-hydrogen) atoms. The second-order valence-electron chi connectivity index (χ2n) is 7.61. The highest BCUT2D eigenvalue weighted by atomic mass is 32.2. The SMILES string of the molecule is CC(C=Cc1ccccc1)=NNC(=O)CSc1nnc(-c2cccc([N+](=O)[O-])c2)n1-c1ccccc1. The molecular formula is C26H22N6O3S. The topological polar surface area (TPSA) is 115 Å². The van der Waals surface area contributed by atoms with E-state index in [4.69, 9.17) is 0 Å². The smallest absolute Gasteiger partial charge is 0.270 e. The Kier molecular flexibility index (Phi) is 7.99. The Hall–Kier alpha value is -4.57. The Morgan fingerprint density at radius 1 is 1.06 bits per heavy atom. The lowest BCUT2D eigenvalue weighted by Gasteiger charge is -2.10. The highest BCUT2D eigenvalue weighted by Crippen LogP contribution is 2.29. The minimum Gasteiger partial charge on any atom is -0.272 e. The highest BCUT2D eigenvalue weighted by Gasteiger charge is 2.19. The molecular weight excluding hydrogens is 476 g/mol. The Morgan fingerprint density at radius 3 is 2.50 bits per heavy atom. The molecule has 0 aliphatic carbocycles. The molecule has 0 fully saturated rings. The van der Waals surface area contributed by atoms with Crippen molar-refractivity contribution >= 4 is 35.1 Å². The normalized spacial score (nSPS) is 11.5. The molecule has 0 aliphatic heterocycles. The first-order valence-electron chi connectivity index (χ1n) is 11.0. The van der Waals surface area contributed by atoms with Gasteiger partial charge in [-0.2, -0.15) is 5.10 Å². The van der Waals surface area contributed by atoms with E-state index >= 15 is 0 Å². The number of nitro benzene ring substituents is 1. The van der Waals surface area contributed by atoms with E-state index in [-0.39, 0.29) is 17.3 Å². The van der Waals surface area contributed by atoms with Gasteiger partial charge in [-0.05, 0) is 30.7 Å². The molecule has 1 N–H and O–H groups in total. The fourth-order valence-electron chi connectivity index (χ4n) is 3.25. The van der Waals surface area contributed by atoms with E-state index in [2.05, 4.69) is 20.7 Å². The Morgan fingerprint density at radius 2 is 1.78 bits per heavy atom. The van der Waals surface area contributed by atoms with Crippen LogP contribution in [0.4, 0.5) is 5.69 Å². The van der Waals surface area contributed by atoms with Crippen LogP contribution >= 0.6 is 11.8 Å². The molecule has 9 nitrogen and oxygen atoms in total. The van der Waals surface area contributed by atoms with Gasteiger partial charge in [-0.1, -0.05) is 78.5 Å². The first kappa shape index (κ1) is 24.6. The molecule has 3 aromatic carbocycles. The molecule has 0 spiro atoms. The van der Waals surface area contributed by atoms with Crippen LogP contribution in [0.15, 0.2) is 101 Å². The number of hydrogen-bond acceptors (Lipinski definition) is 7. The van der Waals surface area contributed by atoms with Crippen LogP contribution in [0.25, 0.3) is 23.2 Å². The minimum absolute atomic E-state index is 0.0433. The van der Waals surface area contributed by atoms with Gasteiger partial charge in [-0.3, -0.25) is 19.5 Å². The Balaban J connectivity index is 1.49. The van der Waals surface area contributed by atoms with E-state index in [0.717, 1.165) is 11.3 Å². The molecule has 4 rings (SSSR count). The molecule has 0 saturated heterocycles. The van der Waals surface area contributed by atoms with Crippen molar-refractivity contribution in [2.24, 2.45) is 5.10 Å². The molecule has 0 aliphatic rings. The fourth-order valence-corrected chi connectivity index (χ4v) is 3.99. The maximum atomic E-state index is 12.4. The number of nitrogens with zero attached hydrogens (tertiary/aromatic N) is 5. The third-order valence-electron chi connectivity index (χ3n) is 4.97. The predicted octanol–water partition coefficient (Wildman–Crippen LogP) is 5.14. The number of benzene rings is 3. The standard InChI is InChI=1S/C26H22N6O3S/c1-19(15-16-20-9-4-2-5-10-20)27-28-24(33)18-36-26-30-29-25(31(26)22-12-6-3-7-13-22)21-11-8-14-23(17-21)32(34)35/h2-17H,18H2,1H3,(H,28,33).